The molecule has 2 saturated carbocycles. The lowest BCUT2D eigenvalue weighted by Crippen LogP contribution is -2.41. The predicted molar refractivity (Wildman–Crippen MR) is 162 cm³/mol. The maximum absolute atomic E-state index is 13.7. The largest absolute Gasteiger partial charge is 0.494 e. The van der Waals surface area contributed by atoms with Crippen LogP contribution in [0.15, 0.2) is 42.5 Å². The zero-order valence-corrected chi connectivity index (χ0v) is 23.9. The van der Waals surface area contributed by atoms with E-state index in [1.165, 1.54) is 34.9 Å². The van der Waals surface area contributed by atoms with Gasteiger partial charge in [0.25, 0.3) is 5.91 Å². The minimum Gasteiger partial charge on any atom is -0.494 e. The number of para-hydroxylation sites is 1. The molecule has 0 spiro atoms. The number of fused-ring (bicyclic) bond motifs is 4. The lowest BCUT2D eigenvalue weighted by Gasteiger charge is -2.27. The molecule has 2 aromatic carbocycles. The Balaban J connectivity index is 1.27. The van der Waals surface area contributed by atoms with Crippen molar-refractivity contribution in [2.24, 2.45) is 24.6 Å². The van der Waals surface area contributed by atoms with Crippen molar-refractivity contribution < 1.29 is 9.53 Å². The first-order valence-corrected chi connectivity index (χ1v) is 15.2. The molecular weight excluding hydrogens is 512 g/mol. The number of piperidine rings is 1. The normalized spacial score (nSPS) is 24.0. The summed E-state index contributed by atoms with van der Waals surface area (Å²) in [6.45, 7) is 3.66. The summed E-state index contributed by atoms with van der Waals surface area (Å²) in [5.74, 6) is 2.71. The van der Waals surface area contributed by atoms with Crippen molar-refractivity contribution in [2.45, 2.75) is 50.7 Å². The molecular formula is C33H38N6O2. The van der Waals surface area contributed by atoms with Crippen LogP contribution in [0.25, 0.3) is 39.0 Å². The molecule has 2 bridgehead atoms. The van der Waals surface area contributed by atoms with Gasteiger partial charge in [0.05, 0.1) is 23.8 Å². The van der Waals surface area contributed by atoms with Gasteiger partial charge in [-0.05, 0) is 74.3 Å². The van der Waals surface area contributed by atoms with Crippen LogP contribution in [0.2, 0.25) is 0 Å². The molecule has 3 N–H and O–H groups in total. The third-order valence-corrected chi connectivity index (χ3v) is 10.0. The third kappa shape index (κ3) is 3.95. The quantitative estimate of drug-likeness (QED) is 0.368. The molecule has 0 unspecified atom stereocenters. The number of carbonyl (C=O) groups excluding carboxylic acids is 1. The molecule has 0 radical (unpaired) electrons. The monoisotopic (exact) mass is 550 g/mol. The molecule has 8 heteroatoms. The number of aromatic nitrogens is 3. The van der Waals surface area contributed by atoms with E-state index in [0.29, 0.717) is 23.1 Å². The van der Waals surface area contributed by atoms with Gasteiger partial charge in [-0.25, -0.2) is 4.98 Å². The topological polar surface area (TPSA) is 90.3 Å². The summed E-state index contributed by atoms with van der Waals surface area (Å²) in [4.78, 5) is 20.9. The number of rotatable bonds is 6. The molecule has 3 atom stereocenters. The number of imidazole rings is 1. The SMILES string of the molecule is COc1cc(C(=O)N2C[C@H]3CC[C@@H]2[C@@H]3N)cc2nc(-c3cc4cccc(C5=CCNCC5)c4n3CC3CC3)n(C)c12. The van der Waals surface area contributed by atoms with Gasteiger partial charge in [-0.3, -0.25) is 4.79 Å². The number of amides is 1. The van der Waals surface area contributed by atoms with Gasteiger partial charge in [-0.15, -0.1) is 0 Å². The van der Waals surface area contributed by atoms with E-state index in [1.54, 1.807) is 7.11 Å². The summed E-state index contributed by atoms with van der Waals surface area (Å²) >= 11 is 0. The number of benzene rings is 2. The molecule has 2 aliphatic heterocycles. The Bertz CT molecular complexity index is 1730. The number of nitrogens with one attached hydrogen (secondary N) is 1. The van der Waals surface area contributed by atoms with Gasteiger partial charge in [0.1, 0.15) is 11.3 Å². The van der Waals surface area contributed by atoms with Gasteiger partial charge in [0.2, 0.25) is 0 Å². The lowest BCUT2D eigenvalue weighted by molar-refractivity contribution is 0.0700. The van der Waals surface area contributed by atoms with Crippen molar-refractivity contribution in [1.29, 1.82) is 0 Å². The summed E-state index contributed by atoms with van der Waals surface area (Å²) < 4.78 is 10.5. The van der Waals surface area contributed by atoms with E-state index >= 15 is 0 Å². The fourth-order valence-electron chi connectivity index (χ4n) is 7.65. The van der Waals surface area contributed by atoms with Crippen molar-refractivity contribution in [2.75, 3.05) is 26.7 Å². The van der Waals surface area contributed by atoms with Crippen molar-refractivity contribution in [3.05, 3.63) is 53.6 Å². The molecule has 2 aliphatic carbocycles. The Kier molecular flexibility index (Phi) is 5.80. The third-order valence-electron chi connectivity index (χ3n) is 10.0. The second-order valence-electron chi connectivity index (χ2n) is 12.5. The molecule has 8 rings (SSSR count). The number of nitrogens with zero attached hydrogens (tertiary/aromatic N) is 4. The number of likely N-dealkylation sites (tertiary alicyclic amines) is 1. The van der Waals surface area contributed by atoms with E-state index in [0.717, 1.165) is 68.0 Å². The van der Waals surface area contributed by atoms with Crippen LogP contribution in [0.1, 0.15) is 48.0 Å². The molecule has 212 valence electrons. The number of nitrogens with two attached hydrogens (primary N) is 1. The average Bonchev–Trinajstić information content (AvgIpc) is 3.39. The van der Waals surface area contributed by atoms with E-state index in [9.17, 15) is 4.79 Å². The Morgan fingerprint density at radius 1 is 1.15 bits per heavy atom. The van der Waals surface area contributed by atoms with Gasteiger partial charge in [-0.2, -0.15) is 0 Å². The minimum atomic E-state index is 0.0304. The summed E-state index contributed by atoms with van der Waals surface area (Å²) in [5.41, 5.74) is 13.9. The zero-order valence-electron chi connectivity index (χ0n) is 23.9. The van der Waals surface area contributed by atoms with Gasteiger partial charge in [0.15, 0.2) is 5.82 Å². The highest BCUT2D eigenvalue weighted by Gasteiger charge is 2.47. The summed E-state index contributed by atoms with van der Waals surface area (Å²) in [6.07, 6.45) is 8.03. The number of hydrogen-bond acceptors (Lipinski definition) is 5. The fourth-order valence-corrected chi connectivity index (χ4v) is 7.65. The van der Waals surface area contributed by atoms with Crippen molar-refractivity contribution in [3.8, 4) is 17.3 Å². The first-order chi connectivity index (χ1) is 20.0. The second-order valence-corrected chi connectivity index (χ2v) is 12.5. The maximum atomic E-state index is 13.7. The predicted octanol–water partition coefficient (Wildman–Crippen LogP) is 4.55. The highest BCUT2D eigenvalue weighted by Crippen LogP contribution is 2.41. The molecule has 4 heterocycles. The van der Waals surface area contributed by atoms with Crippen LogP contribution in [0, 0.1) is 11.8 Å². The molecule has 8 nitrogen and oxygen atoms in total. The number of hydrogen-bond donors (Lipinski definition) is 2. The van der Waals surface area contributed by atoms with E-state index in [-0.39, 0.29) is 18.0 Å². The van der Waals surface area contributed by atoms with Gasteiger partial charge in [0, 0.05) is 55.3 Å². The molecule has 4 aromatic rings. The number of methoxy groups -OCH3 is 1. The number of aryl methyl sites for hydroxylation is 1. The van der Waals surface area contributed by atoms with Crippen LogP contribution in [0.3, 0.4) is 0 Å². The standard InChI is InChI=1S/C33H38N6O2/c1-37-31-25(14-23(16-28(31)41-2)33(40)39-18-22-8-9-26(39)29(22)34)36-32(37)27-15-21-4-3-5-24(20-10-12-35-13-11-20)30(21)38(27)17-19-6-7-19/h3-5,10,14-16,19,22,26,29,35H,6-9,11-13,17-18,34H2,1-2H3/t22-,26-,29-/m1/s1. The molecule has 2 aromatic heterocycles. The first-order valence-electron chi connectivity index (χ1n) is 15.2. The van der Waals surface area contributed by atoms with Crippen LogP contribution in [-0.4, -0.2) is 63.8 Å². The van der Waals surface area contributed by atoms with Crippen molar-refractivity contribution >= 4 is 33.4 Å². The van der Waals surface area contributed by atoms with Crippen LogP contribution < -0.4 is 15.8 Å². The Morgan fingerprint density at radius 2 is 2.02 bits per heavy atom. The summed E-state index contributed by atoms with van der Waals surface area (Å²) in [6, 6.07) is 13.0. The van der Waals surface area contributed by atoms with Gasteiger partial charge >= 0.3 is 0 Å². The molecule has 4 aliphatic rings. The molecule has 3 fully saturated rings. The van der Waals surface area contributed by atoms with Gasteiger partial charge < -0.3 is 29.8 Å². The highest BCUT2D eigenvalue weighted by molar-refractivity contribution is 6.01. The summed E-state index contributed by atoms with van der Waals surface area (Å²) in [5, 5.41) is 4.70. The van der Waals surface area contributed by atoms with Crippen molar-refractivity contribution in [3.63, 3.8) is 0 Å². The molecule has 1 saturated heterocycles. The molecule has 1 amide bonds. The number of ether oxygens (including phenoxy) is 1. The van der Waals surface area contributed by atoms with Crippen molar-refractivity contribution in [1.82, 2.24) is 24.3 Å². The van der Waals surface area contributed by atoms with Crippen LogP contribution in [0.4, 0.5) is 0 Å². The van der Waals surface area contributed by atoms with Crippen LogP contribution in [-0.2, 0) is 13.6 Å². The van der Waals surface area contributed by atoms with Crippen LogP contribution >= 0.6 is 0 Å². The zero-order chi connectivity index (χ0) is 27.8. The van der Waals surface area contributed by atoms with E-state index in [4.69, 9.17) is 15.5 Å². The first kappa shape index (κ1) is 25.1. The van der Waals surface area contributed by atoms with Crippen LogP contribution in [0.5, 0.6) is 5.75 Å². The average molecular weight is 551 g/mol. The summed E-state index contributed by atoms with van der Waals surface area (Å²) in [7, 11) is 3.73. The highest BCUT2D eigenvalue weighted by atomic mass is 16.5. The Hall–Kier alpha value is -3.62. The van der Waals surface area contributed by atoms with E-state index < -0.39 is 0 Å². The van der Waals surface area contributed by atoms with E-state index in [2.05, 4.69) is 51.8 Å². The lowest BCUT2D eigenvalue weighted by atomic mass is 9.98. The smallest absolute Gasteiger partial charge is 0.254 e. The Labute approximate surface area is 240 Å². The number of carbonyl (C=O) groups is 1. The molecule has 41 heavy (non-hydrogen) atoms. The fraction of sp³-hybridized carbons (Fsp3) is 0.455. The van der Waals surface area contributed by atoms with E-state index in [1.807, 2.05) is 17.0 Å². The maximum Gasteiger partial charge on any atom is 0.254 e. The Morgan fingerprint density at radius 3 is 2.73 bits per heavy atom. The second kappa shape index (κ2) is 9.46. The minimum absolute atomic E-state index is 0.0304. The van der Waals surface area contributed by atoms with Gasteiger partial charge in [-0.1, -0.05) is 24.3 Å².